The summed E-state index contributed by atoms with van der Waals surface area (Å²) in [6.45, 7) is -2.63. The van der Waals surface area contributed by atoms with Gasteiger partial charge in [-0.3, -0.25) is 45.8 Å². The van der Waals surface area contributed by atoms with Crippen molar-refractivity contribution in [2.75, 3.05) is 41.5 Å². The van der Waals surface area contributed by atoms with Crippen molar-refractivity contribution in [2.24, 2.45) is 50.1 Å². The lowest BCUT2D eigenvalue weighted by molar-refractivity contribution is -0.0499. The Balaban J connectivity index is 0.000000149. The van der Waals surface area contributed by atoms with E-state index in [0.29, 0.717) is 109 Å². The van der Waals surface area contributed by atoms with Gasteiger partial charge in [-0.1, -0.05) is 66.7 Å². The van der Waals surface area contributed by atoms with Crippen molar-refractivity contribution in [3.05, 3.63) is 269 Å². The number of aliphatic hydroxyl groups is 4. The number of nitrogens with two attached hydrogens (primary N) is 4. The van der Waals surface area contributed by atoms with Crippen molar-refractivity contribution in [1.29, 1.82) is 0 Å². The van der Waals surface area contributed by atoms with Crippen molar-refractivity contribution < 1.29 is 108 Å². The van der Waals surface area contributed by atoms with Crippen LogP contribution in [0, 0.1) is 35.4 Å². The largest absolute Gasteiger partial charge is 0.435 e. The van der Waals surface area contributed by atoms with Crippen molar-refractivity contribution >= 4 is 81.5 Å². The van der Waals surface area contributed by atoms with Crippen LogP contribution in [0.4, 0.5) is 35.0 Å². The van der Waals surface area contributed by atoms with Gasteiger partial charge in [0.15, 0.2) is 5.78 Å². The fraction of sp³-hybridized carbons (Fsp3) is 0.411. The van der Waals surface area contributed by atoms with Crippen LogP contribution in [0.3, 0.4) is 0 Å². The number of allylic oxidation sites excluding steroid dienone is 2. The lowest BCUT2D eigenvalue weighted by Gasteiger charge is -2.18. The molecule has 6 aliphatic carbocycles. The number of halogens is 4. The topological polar surface area (TPSA) is 624 Å². The molecule has 0 aliphatic heterocycles. The van der Waals surface area contributed by atoms with E-state index in [1.54, 1.807) is 53.5 Å². The van der Waals surface area contributed by atoms with E-state index >= 15 is 0 Å². The number of ether oxygens (including phenoxy) is 1. The number of hydrogen-bond acceptors (Lipinski definition) is 34. The highest BCUT2D eigenvalue weighted by molar-refractivity contribution is 7.89. The Kier molecular flexibility index (Phi) is 34.2. The number of hydrogen-bond donors (Lipinski definition) is 11. The number of nitrogens with zero attached hydrogens (tertiary/aromatic N) is 15. The molecular formula is C90H104F4N22O20S4. The van der Waals surface area contributed by atoms with E-state index in [1.165, 1.54) is 78.9 Å². The molecule has 0 saturated heterocycles. The summed E-state index contributed by atoms with van der Waals surface area (Å²) in [5, 5.41) is 83.0. The molecule has 746 valence electrons. The number of ketones is 4. The third-order valence-corrected chi connectivity index (χ3v) is 26.8. The SMILES string of the molecule is NS(=O)(=O)CC[C@H]1C[C@@H](Nc2ncncc2C(=O)c2ccn(Cc3ccc(F)c(C4CC4)c3)n2)C[C@@H]1O.NS(=O)(=O)OC[C@H]1C[C@@H](Cc2ncncc2C(=O)c2ccn(C3C=CCCC3)n2)C[C@@H]1O.NS(=O)(=O)OC[C@H]1C[C@@H](Nc2ncncc2C(=O)c2ccn(Cc3cccc(OC(F)F)c3)n2)[C@@H](F)[C@@H]1O.NS(=O)(=O)OC[C@H]1C[C@@H](Nc2ncncc2C(=O)c2ccn(Cc3ccccc3)c2)C[C@@H]1O. The Labute approximate surface area is 802 Å². The fourth-order valence-corrected chi connectivity index (χ4v) is 19.3. The number of rotatable bonds is 38. The number of aromatic nitrogens is 15. The second kappa shape index (κ2) is 46.3. The molecule has 0 radical (unpaired) electrons. The van der Waals surface area contributed by atoms with E-state index in [9.17, 15) is 90.8 Å². The zero-order valence-corrected chi connectivity index (χ0v) is 78.2. The molecule has 0 amide bonds. The smallest absolute Gasteiger partial charge is 0.387 e. The van der Waals surface area contributed by atoms with Gasteiger partial charge in [-0.05, 0) is 172 Å². The van der Waals surface area contributed by atoms with E-state index in [4.69, 9.17) is 20.6 Å². The predicted octanol–water partition coefficient (Wildman–Crippen LogP) is 6.14. The van der Waals surface area contributed by atoms with Crippen molar-refractivity contribution in [2.45, 2.75) is 177 Å². The lowest BCUT2D eigenvalue weighted by atomic mass is 9.96. The van der Waals surface area contributed by atoms with Crippen molar-refractivity contribution in [1.82, 2.24) is 73.8 Å². The first-order chi connectivity index (χ1) is 66.7. The number of anilines is 3. The lowest BCUT2D eigenvalue weighted by Crippen LogP contribution is -2.33. The number of nitrogens with one attached hydrogen (secondary N) is 3. The summed E-state index contributed by atoms with van der Waals surface area (Å²) in [6.07, 6.45) is 26.8. The Morgan fingerprint density at radius 1 is 0.514 bits per heavy atom. The van der Waals surface area contributed by atoms with Crippen LogP contribution in [-0.4, -0.2) is 232 Å². The second-order valence-electron chi connectivity index (χ2n) is 35.0. The van der Waals surface area contributed by atoms with Crippen LogP contribution in [0.2, 0.25) is 0 Å². The Morgan fingerprint density at radius 2 is 1.04 bits per heavy atom. The molecule has 140 heavy (non-hydrogen) atoms. The van der Waals surface area contributed by atoms with Gasteiger partial charge in [-0.15, -0.1) is 0 Å². The minimum absolute atomic E-state index is 0.00994. The molecule has 0 bridgehead atoms. The predicted molar refractivity (Wildman–Crippen MR) is 495 cm³/mol. The zero-order valence-electron chi connectivity index (χ0n) is 75.0. The van der Waals surface area contributed by atoms with Gasteiger partial charge in [0.1, 0.15) is 77.6 Å². The molecule has 8 heterocycles. The van der Waals surface area contributed by atoms with E-state index in [2.05, 4.69) is 101 Å². The minimum atomic E-state index is -4.27. The van der Waals surface area contributed by atoms with Crippen LogP contribution >= 0.6 is 0 Å². The maximum atomic E-state index is 14.8. The molecule has 6 aliphatic rings. The van der Waals surface area contributed by atoms with Crippen molar-refractivity contribution in [3.8, 4) is 5.75 Å². The zero-order chi connectivity index (χ0) is 99.7. The van der Waals surface area contributed by atoms with Gasteiger partial charge in [0.25, 0.3) is 0 Å². The van der Waals surface area contributed by atoms with E-state index in [0.717, 1.165) is 55.1 Å². The Bertz CT molecular complexity index is 6690. The Hall–Kier alpha value is -12.4. The van der Waals surface area contributed by atoms with Gasteiger partial charge in [0.05, 0.1) is 103 Å². The summed E-state index contributed by atoms with van der Waals surface area (Å²) in [5.74, 6) is -2.66. The second-order valence-corrected chi connectivity index (χ2v) is 40.4. The number of sulfonamides is 1. The van der Waals surface area contributed by atoms with Gasteiger partial charge in [0.2, 0.25) is 27.4 Å². The number of alkyl halides is 3. The van der Waals surface area contributed by atoms with Gasteiger partial charge < -0.3 is 45.7 Å². The minimum Gasteiger partial charge on any atom is -0.435 e. The third kappa shape index (κ3) is 29.4. The highest BCUT2D eigenvalue weighted by Gasteiger charge is 2.45. The molecule has 0 spiro atoms. The maximum absolute atomic E-state index is 14.8. The monoisotopic (exact) mass is 2020 g/mol. The first-order valence-corrected chi connectivity index (χ1v) is 50.7. The molecule has 17 rings (SSSR count). The first kappa shape index (κ1) is 103. The normalized spacial score (nSPS) is 22.4. The number of carbonyl (C=O) groups is 4. The summed E-state index contributed by atoms with van der Waals surface area (Å²) >= 11 is 0. The maximum Gasteiger partial charge on any atom is 0.387 e. The van der Waals surface area contributed by atoms with Crippen LogP contribution in [0.15, 0.2) is 190 Å². The van der Waals surface area contributed by atoms with E-state index in [1.807, 2.05) is 58.0 Å². The highest BCUT2D eigenvalue weighted by atomic mass is 32.2. The summed E-state index contributed by atoms with van der Waals surface area (Å²) in [6, 6.07) is 26.3. The van der Waals surface area contributed by atoms with Gasteiger partial charge in [-0.25, -0.2) is 77.6 Å². The fourth-order valence-electron chi connectivity index (χ4n) is 17.6. The molecule has 14 atom stereocenters. The summed E-state index contributed by atoms with van der Waals surface area (Å²) < 4.78 is 167. The first-order valence-electron chi connectivity index (χ1n) is 44.6. The molecule has 3 aromatic carbocycles. The molecule has 11 aromatic rings. The molecule has 8 aromatic heterocycles. The van der Waals surface area contributed by atoms with Gasteiger partial charge in [0, 0.05) is 97.7 Å². The quantitative estimate of drug-likeness (QED) is 0.0118. The molecule has 42 nitrogen and oxygen atoms in total. The standard InChI is InChI=1S/C25H29FN6O4S.C22H23F3N6O6S.C22H25N5O5S.C21H27N5O5S/c26-21-4-1-15(9-19(21)16-2-3-16)13-32-7-5-22(31-32)24(34)20-12-28-14-29-25(20)30-18-10-17(23(33)11-18)6-8-37(27,35)36;23-18-17(7-13(19(18)32)10-36-38(26,34)35)29-21-15(8-27-11-28-21)20(33)16-4-5-31(30-16)9-12-2-1-3-14(6-12)37-22(24)25;23-33(30,31)32-13-17-8-18(9-20(17)28)26-22-19(10-24-14-25-22)21(29)16-6-7-27(12-16)11-15-4-2-1-3-5-15;22-32(29,30)31-12-15-8-14(10-20(15)27)9-19-17(11-23-13-24-19)21(28)18-6-7-26(25-18)16-4-2-1-3-5-16/h1,4-5,7,9,12,14,16-18,23,33H,2-3,6,8,10-11,13H2,(H2,27,35,36)(H,28,29,30);1-6,8,11,13,17-19,22,32H,7,9-10H2,(H2,26,34,35)(H,27,28,29);1-7,10,12,14,17-18,20,28H,8-9,11,13H2,(H2,23,30,31)(H,24,25,26);2,4,6-7,11,13-16,20,27H,1,3,5,8-10,12H2,(H2,22,29,30)/t17-,18+,23-;13-,17-,18-,19-;17-,18-,20+;14-,15+,16?,20-/m0110/s1. The van der Waals surface area contributed by atoms with E-state index in [-0.39, 0.29) is 131 Å². The molecule has 50 heteroatoms. The highest BCUT2D eigenvalue weighted by Crippen LogP contribution is 2.43. The number of primary sulfonamides is 1. The van der Waals surface area contributed by atoms with Crippen LogP contribution in [0.1, 0.15) is 187 Å². The number of aliphatic hydroxyl groups excluding tert-OH is 4. The molecule has 1 unspecified atom stereocenters. The van der Waals surface area contributed by atoms with Crippen molar-refractivity contribution in [3.63, 3.8) is 0 Å². The third-order valence-electron chi connectivity index (χ3n) is 24.6. The summed E-state index contributed by atoms with van der Waals surface area (Å²) in [4.78, 5) is 85.4. The summed E-state index contributed by atoms with van der Waals surface area (Å²) in [7, 11) is -16.0. The Morgan fingerprint density at radius 3 is 1.61 bits per heavy atom. The molecule has 5 saturated carbocycles. The van der Waals surface area contributed by atoms with Crippen LogP contribution < -0.4 is 41.2 Å². The molecular weight excluding hydrogens is 1910 g/mol. The molecule has 5 fully saturated rings. The van der Waals surface area contributed by atoms with Gasteiger partial charge >= 0.3 is 37.5 Å². The average molecular weight is 2020 g/mol. The number of carbonyl (C=O) groups excluding carboxylic acids is 4. The molecule has 15 N–H and O–H groups in total. The van der Waals surface area contributed by atoms with Crippen LogP contribution in [0.25, 0.3) is 0 Å². The van der Waals surface area contributed by atoms with Gasteiger partial charge in [-0.2, -0.15) is 49.3 Å². The number of benzene rings is 3. The van der Waals surface area contributed by atoms with Crippen LogP contribution in [-0.2, 0) is 79.5 Å². The average Bonchev–Trinajstić information content (AvgIpc) is 1.66. The van der Waals surface area contributed by atoms with E-state index < -0.39 is 108 Å². The van der Waals surface area contributed by atoms with Crippen LogP contribution in [0.5, 0.6) is 5.75 Å². The summed E-state index contributed by atoms with van der Waals surface area (Å²) in [5.41, 5.74) is 5.97.